The molecule has 0 aliphatic carbocycles. The van der Waals surface area contributed by atoms with Crippen molar-refractivity contribution in [3.63, 3.8) is 0 Å². The van der Waals surface area contributed by atoms with E-state index in [1.54, 1.807) is 45.2 Å². The highest BCUT2D eigenvalue weighted by Gasteiger charge is 2.64. The number of rotatable bonds is 11. The molecule has 5 rings (SSSR count). The Kier molecular flexibility index (Phi) is 14.3. The smallest absolute Gasteiger partial charge is 0.409 e. The monoisotopic (exact) mass is 842 g/mol. The molecule has 2 fully saturated rings. The van der Waals surface area contributed by atoms with Crippen molar-refractivity contribution in [2.24, 2.45) is 5.92 Å². The lowest BCUT2D eigenvalue weighted by atomic mass is 9.83. The quantitative estimate of drug-likeness (QED) is 0.141. The number of nitrogens with one attached hydrogen (secondary N) is 1. The Balaban J connectivity index is 1.39. The molecule has 4 aliphatic heterocycles. The maximum atomic E-state index is 14.2. The Bertz CT molecular complexity index is 1900. The number of ether oxygens (including phenoxy) is 5. The van der Waals surface area contributed by atoms with Crippen LogP contribution in [0.15, 0.2) is 48.1 Å². The number of unbranched alkanes of at least 4 members (excludes halogenated alkanes) is 2. The van der Waals surface area contributed by atoms with Crippen molar-refractivity contribution >= 4 is 53.0 Å². The fraction of sp³-hybridized carbons (Fsp3) is 0.571. The van der Waals surface area contributed by atoms with E-state index in [-0.39, 0.29) is 48.6 Å². The number of anilines is 1. The number of amides is 5. The van der Waals surface area contributed by atoms with Crippen LogP contribution in [0.25, 0.3) is 0 Å². The molecule has 1 aromatic rings. The largest absolute Gasteiger partial charge is 0.495 e. The van der Waals surface area contributed by atoms with Crippen molar-refractivity contribution in [3.8, 4) is 5.75 Å². The summed E-state index contributed by atoms with van der Waals surface area (Å²) in [5.74, 6) is -2.49. The average molecular weight is 843 g/mol. The molecular formula is C42H55ClN4O12. The second-order valence-corrected chi connectivity index (χ2v) is 16.3. The van der Waals surface area contributed by atoms with E-state index >= 15 is 0 Å². The number of nitrogens with zero attached hydrogens (tertiary/aromatic N) is 3. The fourth-order valence-corrected chi connectivity index (χ4v) is 8.08. The first-order valence-corrected chi connectivity index (χ1v) is 20.1. The van der Waals surface area contributed by atoms with Crippen LogP contribution >= 0.6 is 11.6 Å². The molecule has 1 aromatic carbocycles. The van der Waals surface area contributed by atoms with Crippen LogP contribution in [-0.2, 0) is 49.3 Å². The van der Waals surface area contributed by atoms with Crippen LogP contribution in [0.2, 0.25) is 5.02 Å². The summed E-state index contributed by atoms with van der Waals surface area (Å²) in [6, 6.07) is 2.50. The van der Waals surface area contributed by atoms with Crippen LogP contribution in [0.3, 0.4) is 0 Å². The van der Waals surface area contributed by atoms with Gasteiger partial charge >= 0.3 is 12.1 Å². The summed E-state index contributed by atoms with van der Waals surface area (Å²) in [6.07, 6.45) is 4.78. The van der Waals surface area contributed by atoms with E-state index in [4.69, 9.17) is 35.3 Å². The first-order valence-electron chi connectivity index (χ1n) is 19.7. The summed E-state index contributed by atoms with van der Waals surface area (Å²) in [4.78, 5) is 81.6. The minimum Gasteiger partial charge on any atom is -0.495 e. The fourth-order valence-electron chi connectivity index (χ4n) is 7.77. The summed E-state index contributed by atoms with van der Waals surface area (Å²) in [7, 11) is 5.94. The maximum Gasteiger partial charge on any atom is 0.409 e. The molecule has 1 unspecified atom stereocenters. The summed E-state index contributed by atoms with van der Waals surface area (Å²) < 4.78 is 29.3. The molecule has 5 amide bonds. The van der Waals surface area contributed by atoms with E-state index in [0.29, 0.717) is 37.1 Å². The van der Waals surface area contributed by atoms with Crippen LogP contribution in [0.4, 0.5) is 10.5 Å². The second-order valence-electron chi connectivity index (χ2n) is 15.9. The Morgan fingerprint density at radius 1 is 1.12 bits per heavy atom. The van der Waals surface area contributed by atoms with Gasteiger partial charge < -0.3 is 38.6 Å². The van der Waals surface area contributed by atoms with Crippen LogP contribution in [0, 0.1) is 5.92 Å². The first-order chi connectivity index (χ1) is 27.8. The topological polar surface area (TPSA) is 194 Å². The van der Waals surface area contributed by atoms with Crippen molar-refractivity contribution in [2.45, 2.75) is 114 Å². The number of carbonyl (C=O) groups excluding carboxylic acids is 6. The molecule has 0 radical (unpaired) electrons. The van der Waals surface area contributed by atoms with E-state index in [0.717, 1.165) is 16.0 Å². The van der Waals surface area contributed by atoms with E-state index in [1.807, 2.05) is 13.0 Å². The highest BCUT2D eigenvalue weighted by Crippen LogP contribution is 2.49. The zero-order chi connectivity index (χ0) is 43.4. The van der Waals surface area contributed by atoms with Gasteiger partial charge in [0, 0.05) is 58.7 Å². The molecule has 4 bridgehead atoms. The van der Waals surface area contributed by atoms with Gasteiger partial charge in [0.2, 0.25) is 11.8 Å². The van der Waals surface area contributed by atoms with Crippen LogP contribution in [0.1, 0.15) is 71.8 Å². The van der Waals surface area contributed by atoms with E-state index < -0.39 is 65.7 Å². The Morgan fingerprint density at radius 3 is 2.47 bits per heavy atom. The number of likely N-dealkylation sites (N-methyl/N-ethyl adjacent to an activating group) is 1. The number of halogens is 1. The number of imide groups is 1. The third-order valence-corrected chi connectivity index (χ3v) is 12.1. The van der Waals surface area contributed by atoms with Gasteiger partial charge in [-0.05, 0) is 57.7 Å². The van der Waals surface area contributed by atoms with Crippen molar-refractivity contribution in [2.75, 3.05) is 39.8 Å². The molecule has 4 aliphatic rings. The third-order valence-electron chi connectivity index (χ3n) is 11.7. The number of carbonyl (C=O) groups is 6. The zero-order valence-corrected chi connectivity index (χ0v) is 35.6. The molecule has 2 saturated heterocycles. The van der Waals surface area contributed by atoms with Crippen molar-refractivity contribution in [1.29, 1.82) is 0 Å². The number of hydrogen-bond acceptors (Lipinski definition) is 12. The molecule has 17 heteroatoms. The highest BCUT2D eigenvalue weighted by atomic mass is 35.5. The molecule has 0 aromatic heterocycles. The standard InChI is InChI=1S/C42H55ClN4O12/c1-24-13-12-14-31(56-8)42(54)23-30(57-40(53)44-42)25(2)38-41(4,59-38)32(22-36(51)46(6)28-20-27(19-24)21-29(55-7)37(28)43)58-39(52)26(3)45(5)33(48)15-10-9-11-18-47-34(49)16-17-35(47)50/h12-14,16-17,20-21,25-26,30-32,38,54H,9-11,15,18-19,22-23H2,1-8H3,(H,44,53)/t25-,26-,30+,31-,32+,38?,41+,42+/m1/s1. The molecule has 4 heterocycles. The summed E-state index contributed by atoms with van der Waals surface area (Å²) in [5.41, 5.74) is -1.05. The summed E-state index contributed by atoms with van der Waals surface area (Å²) in [5, 5.41) is 14.5. The predicted octanol–water partition coefficient (Wildman–Crippen LogP) is 4.00. The van der Waals surface area contributed by atoms with Gasteiger partial charge in [-0.15, -0.1) is 0 Å². The molecular weight excluding hydrogens is 788 g/mol. The van der Waals surface area contributed by atoms with Gasteiger partial charge in [0.25, 0.3) is 11.8 Å². The van der Waals surface area contributed by atoms with Crippen LogP contribution in [-0.4, -0.2) is 127 Å². The number of fused-ring (bicyclic) bond motifs is 5. The maximum absolute atomic E-state index is 14.2. The van der Waals surface area contributed by atoms with Gasteiger partial charge in [0.05, 0.1) is 25.3 Å². The lowest BCUT2D eigenvalue weighted by Gasteiger charge is -2.42. The second kappa shape index (κ2) is 18.7. The minimum atomic E-state index is -1.85. The van der Waals surface area contributed by atoms with Gasteiger partial charge in [0.15, 0.2) is 5.72 Å². The van der Waals surface area contributed by atoms with Crippen LogP contribution in [0.5, 0.6) is 5.75 Å². The van der Waals surface area contributed by atoms with Crippen molar-refractivity contribution < 1.29 is 57.6 Å². The van der Waals surface area contributed by atoms with Crippen LogP contribution < -0.4 is 15.0 Å². The Hall–Kier alpha value is -4.77. The van der Waals surface area contributed by atoms with E-state index in [2.05, 4.69) is 5.32 Å². The molecule has 0 spiro atoms. The number of allylic oxidation sites excluding steroid dienone is 3. The number of aliphatic hydroxyl groups is 1. The number of epoxide rings is 1. The van der Waals surface area contributed by atoms with Crippen molar-refractivity contribution in [3.05, 3.63) is 58.7 Å². The SMILES string of the molecule is COc1cc2cc(c1Cl)N(C)C(=O)C[C@H](OC(=O)[C@@H](C)N(C)C(=O)CCCCCN1C(=O)C=CC1=O)[C@]1(C)OC1[C@H](C)[C@@H]1C[C@@](O)(NC(=O)O1)[C@H](OC)C=CC=C(C)C2. The average Bonchev–Trinajstić information content (AvgIpc) is 3.79. The van der Waals surface area contributed by atoms with Gasteiger partial charge in [-0.2, -0.15) is 0 Å². The molecule has 16 nitrogen and oxygen atoms in total. The van der Waals surface area contributed by atoms with Crippen molar-refractivity contribution in [1.82, 2.24) is 15.1 Å². The molecule has 8 atom stereocenters. The number of hydrogen-bond donors (Lipinski definition) is 2. The number of alkyl carbamates (subject to hydrolysis) is 1. The van der Waals surface area contributed by atoms with E-state index in [9.17, 15) is 33.9 Å². The predicted molar refractivity (Wildman–Crippen MR) is 215 cm³/mol. The lowest BCUT2D eigenvalue weighted by molar-refractivity contribution is -0.162. The zero-order valence-electron chi connectivity index (χ0n) is 34.8. The first kappa shape index (κ1) is 45.3. The number of benzene rings is 1. The lowest BCUT2D eigenvalue weighted by Crippen LogP contribution is -2.63. The van der Waals surface area contributed by atoms with Gasteiger partial charge in [-0.1, -0.05) is 48.7 Å². The van der Waals surface area contributed by atoms with Gasteiger partial charge in [-0.3, -0.25) is 29.4 Å². The summed E-state index contributed by atoms with van der Waals surface area (Å²) in [6.45, 7) is 7.16. The minimum absolute atomic E-state index is 0.0761. The van der Waals surface area contributed by atoms with Gasteiger partial charge in [0.1, 0.15) is 40.7 Å². The van der Waals surface area contributed by atoms with E-state index in [1.165, 1.54) is 50.1 Å². The Labute approximate surface area is 349 Å². The normalized spacial score (nSPS) is 29.0. The number of esters is 1. The third kappa shape index (κ3) is 10.2. The molecule has 2 N–H and O–H groups in total. The highest BCUT2D eigenvalue weighted by molar-refractivity contribution is 6.35. The Morgan fingerprint density at radius 2 is 1.81 bits per heavy atom. The molecule has 322 valence electrons. The molecule has 59 heavy (non-hydrogen) atoms. The summed E-state index contributed by atoms with van der Waals surface area (Å²) >= 11 is 6.77. The van der Waals surface area contributed by atoms with Gasteiger partial charge in [-0.25, -0.2) is 9.59 Å². The molecule has 0 saturated carbocycles. The number of methoxy groups -OCH3 is 2.